The summed E-state index contributed by atoms with van der Waals surface area (Å²) in [4.78, 5) is 0. The Morgan fingerprint density at radius 2 is 1.59 bits per heavy atom. The lowest BCUT2D eigenvalue weighted by atomic mass is 10.4. The van der Waals surface area contributed by atoms with Gasteiger partial charge in [-0.15, -0.1) is 0 Å². The molecule has 98 valence electrons. The molecule has 0 N–H and O–H groups in total. The second kappa shape index (κ2) is 10.7. The molecule has 4 nitrogen and oxygen atoms in total. The highest BCUT2D eigenvalue weighted by Gasteiger charge is 1.94. The summed E-state index contributed by atoms with van der Waals surface area (Å²) in [5, 5.41) is 4.14. The van der Waals surface area contributed by atoms with E-state index < -0.39 is 0 Å². The first-order valence-electron chi connectivity index (χ1n) is 5.66. The Balaban J connectivity index is 1.76. The largest absolute Gasteiger partial charge is 0.382 e. The van der Waals surface area contributed by atoms with Crippen molar-refractivity contribution < 1.29 is 18.9 Å². The van der Waals surface area contributed by atoms with E-state index in [1.165, 1.54) is 5.56 Å². The summed E-state index contributed by atoms with van der Waals surface area (Å²) < 4.78 is 20.9. The maximum atomic E-state index is 5.44. The van der Waals surface area contributed by atoms with Gasteiger partial charge in [0.1, 0.15) is 0 Å². The molecular formula is C12H20O4S. The summed E-state index contributed by atoms with van der Waals surface area (Å²) in [6, 6.07) is 2.06. The zero-order valence-electron chi connectivity index (χ0n) is 10.2. The lowest BCUT2D eigenvalue weighted by Gasteiger charge is -2.06. The molecular weight excluding hydrogens is 240 g/mol. The molecule has 0 bridgehead atoms. The molecule has 17 heavy (non-hydrogen) atoms. The van der Waals surface area contributed by atoms with Crippen LogP contribution in [0.5, 0.6) is 0 Å². The summed E-state index contributed by atoms with van der Waals surface area (Å²) >= 11 is 1.68. The van der Waals surface area contributed by atoms with Gasteiger partial charge in [0.2, 0.25) is 0 Å². The van der Waals surface area contributed by atoms with Gasteiger partial charge in [-0.2, -0.15) is 11.3 Å². The molecule has 0 fully saturated rings. The monoisotopic (exact) mass is 260 g/mol. The van der Waals surface area contributed by atoms with Crippen LogP contribution in [0, 0.1) is 0 Å². The van der Waals surface area contributed by atoms with Crippen molar-refractivity contribution in [3.05, 3.63) is 22.4 Å². The van der Waals surface area contributed by atoms with E-state index in [4.69, 9.17) is 18.9 Å². The van der Waals surface area contributed by atoms with Crippen LogP contribution in [0.25, 0.3) is 0 Å². The number of methoxy groups -OCH3 is 1. The Bertz CT molecular complexity index is 251. The van der Waals surface area contributed by atoms with Crippen molar-refractivity contribution in [3.8, 4) is 0 Å². The molecule has 1 aromatic heterocycles. The third-order valence-corrected chi connectivity index (χ3v) is 2.76. The molecule has 0 amide bonds. The number of ether oxygens (including phenoxy) is 4. The first-order chi connectivity index (χ1) is 8.43. The van der Waals surface area contributed by atoms with Gasteiger partial charge < -0.3 is 18.9 Å². The number of thiophene rings is 1. The van der Waals surface area contributed by atoms with E-state index in [1.807, 2.05) is 5.38 Å². The van der Waals surface area contributed by atoms with Crippen LogP contribution >= 0.6 is 11.3 Å². The zero-order valence-corrected chi connectivity index (χ0v) is 11.0. The van der Waals surface area contributed by atoms with Gasteiger partial charge in [-0.3, -0.25) is 0 Å². The molecule has 0 saturated heterocycles. The smallest absolute Gasteiger partial charge is 0.0726 e. The molecule has 0 radical (unpaired) electrons. The van der Waals surface area contributed by atoms with Crippen molar-refractivity contribution in [1.82, 2.24) is 0 Å². The van der Waals surface area contributed by atoms with Crippen LogP contribution in [0.1, 0.15) is 5.56 Å². The minimum atomic E-state index is 0.603. The predicted molar refractivity (Wildman–Crippen MR) is 67.5 cm³/mol. The van der Waals surface area contributed by atoms with Crippen molar-refractivity contribution in [2.75, 3.05) is 46.8 Å². The van der Waals surface area contributed by atoms with Gasteiger partial charge in [0.25, 0.3) is 0 Å². The molecule has 0 aliphatic heterocycles. The minimum absolute atomic E-state index is 0.603. The van der Waals surface area contributed by atoms with Gasteiger partial charge in [0.05, 0.1) is 46.2 Å². The highest BCUT2D eigenvalue weighted by atomic mass is 32.1. The molecule has 0 saturated carbocycles. The van der Waals surface area contributed by atoms with Gasteiger partial charge in [-0.1, -0.05) is 0 Å². The normalized spacial score (nSPS) is 10.9. The van der Waals surface area contributed by atoms with Crippen LogP contribution in [-0.2, 0) is 25.6 Å². The second-order valence-electron chi connectivity index (χ2n) is 3.40. The molecule has 1 heterocycles. The summed E-state index contributed by atoms with van der Waals surface area (Å²) in [7, 11) is 1.66. The van der Waals surface area contributed by atoms with E-state index in [1.54, 1.807) is 18.4 Å². The number of hydrogen-bond donors (Lipinski definition) is 0. The maximum absolute atomic E-state index is 5.44. The fraction of sp³-hybridized carbons (Fsp3) is 0.667. The van der Waals surface area contributed by atoms with Crippen LogP contribution in [0.3, 0.4) is 0 Å². The van der Waals surface area contributed by atoms with E-state index >= 15 is 0 Å². The summed E-state index contributed by atoms with van der Waals surface area (Å²) in [5.74, 6) is 0. The third-order valence-electron chi connectivity index (χ3n) is 2.02. The van der Waals surface area contributed by atoms with Gasteiger partial charge in [0.15, 0.2) is 0 Å². The number of hydrogen-bond acceptors (Lipinski definition) is 5. The summed E-state index contributed by atoms with van der Waals surface area (Å²) in [6.07, 6.45) is 0. The van der Waals surface area contributed by atoms with E-state index in [0.717, 1.165) is 0 Å². The summed E-state index contributed by atoms with van der Waals surface area (Å²) in [5.41, 5.74) is 1.22. The van der Waals surface area contributed by atoms with E-state index in [2.05, 4.69) is 11.4 Å². The second-order valence-corrected chi connectivity index (χ2v) is 4.18. The first kappa shape index (κ1) is 14.6. The van der Waals surface area contributed by atoms with Crippen LogP contribution in [0.4, 0.5) is 0 Å². The standard InChI is InChI=1S/C12H20O4S/c1-13-3-4-14-5-6-15-7-8-16-10-12-2-9-17-11-12/h2,9,11H,3-8,10H2,1H3. The van der Waals surface area contributed by atoms with E-state index in [-0.39, 0.29) is 0 Å². The Hall–Kier alpha value is -0.460. The van der Waals surface area contributed by atoms with Crippen molar-refractivity contribution in [3.63, 3.8) is 0 Å². The molecule has 1 aromatic rings. The van der Waals surface area contributed by atoms with Gasteiger partial charge in [-0.05, 0) is 22.4 Å². The minimum Gasteiger partial charge on any atom is -0.382 e. The molecule has 0 atom stereocenters. The third kappa shape index (κ3) is 8.29. The Morgan fingerprint density at radius 1 is 0.941 bits per heavy atom. The Kier molecular flexibility index (Phi) is 9.17. The lowest BCUT2D eigenvalue weighted by molar-refractivity contribution is 0.000908. The van der Waals surface area contributed by atoms with Crippen molar-refractivity contribution in [2.45, 2.75) is 6.61 Å². The lowest BCUT2D eigenvalue weighted by Crippen LogP contribution is -2.11. The van der Waals surface area contributed by atoms with Crippen LogP contribution in [-0.4, -0.2) is 46.8 Å². The van der Waals surface area contributed by atoms with Gasteiger partial charge in [-0.25, -0.2) is 0 Å². The van der Waals surface area contributed by atoms with Crippen LogP contribution < -0.4 is 0 Å². The number of rotatable bonds is 11. The molecule has 5 heteroatoms. The maximum Gasteiger partial charge on any atom is 0.0726 e. The highest BCUT2D eigenvalue weighted by molar-refractivity contribution is 7.07. The molecule has 0 aromatic carbocycles. The molecule has 0 spiro atoms. The molecule has 0 unspecified atom stereocenters. The van der Waals surface area contributed by atoms with E-state index in [9.17, 15) is 0 Å². The fourth-order valence-electron chi connectivity index (χ4n) is 1.15. The average Bonchev–Trinajstić information content (AvgIpc) is 2.85. The van der Waals surface area contributed by atoms with Crippen LogP contribution in [0.2, 0.25) is 0 Å². The van der Waals surface area contributed by atoms with Crippen molar-refractivity contribution in [1.29, 1.82) is 0 Å². The average molecular weight is 260 g/mol. The highest BCUT2D eigenvalue weighted by Crippen LogP contribution is 2.06. The summed E-state index contributed by atoms with van der Waals surface area (Å²) in [6.45, 7) is 4.35. The Labute approximate surface area is 106 Å². The quantitative estimate of drug-likeness (QED) is 0.570. The van der Waals surface area contributed by atoms with Crippen LogP contribution in [0.15, 0.2) is 16.8 Å². The first-order valence-corrected chi connectivity index (χ1v) is 6.61. The van der Waals surface area contributed by atoms with E-state index in [0.29, 0.717) is 46.2 Å². The molecule has 1 rings (SSSR count). The van der Waals surface area contributed by atoms with Crippen molar-refractivity contribution >= 4 is 11.3 Å². The molecule has 0 aliphatic carbocycles. The predicted octanol–water partition coefficient (Wildman–Crippen LogP) is 1.94. The SMILES string of the molecule is COCCOCCOCCOCc1ccsc1. The van der Waals surface area contributed by atoms with Crippen molar-refractivity contribution in [2.24, 2.45) is 0 Å². The zero-order chi connectivity index (χ0) is 12.2. The molecule has 0 aliphatic rings. The topological polar surface area (TPSA) is 36.9 Å². The van der Waals surface area contributed by atoms with Gasteiger partial charge in [0, 0.05) is 7.11 Å². The fourth-order valence-corrected chi connectivity index (χ4v) is 1.80. The van der Waals surface area contributed by atoms with Gasteiger partial charge >= 0.3 is 0 Å². The Morgan fingerprint density at radius 3 is 2.18 bits per heavy atom.